The monoisotopic (exact) mass is 526 g/mol. The quantitative estimate of drug-likeness (QED) is 0.302. The van der Waals surface area contributed by atoms with E-state index in [9.17, 15) is 14.7 Å². The van der Waals surface area contributed by atoms with Crippen molar-refractivity contribution in [1.29, 1.82) is 0 Å². The average Bonchev–Trinajstić information content (AvgIpc) is 3.10. The van der Waals surface area contributed by atoms with Crippen LogP contribution in [0.25, 0.3) is 0 Å². The van der Waals surface area contributed by atoms with Gasteiger partial charge in [-0.15, -0.1) is 0 Å². The molecule has 6 aliphatic rings. The van der Waals surface area contributed by atoms with Gasteiger partial charge in [-0.2, -0.15) is 0 Å². The minimum atomic E-state index is -0.786. The van der Waals surface area contributed by atoms with Crippen LogP contribution in [0.2, 0.25) is 0 Å². The number of aliphatic hydroxyl groups is 1. The van der Waals surface area contributed by atoms with Crippen LogP contribution >= 0.6 is 0 Å². The SMILES string of the molecule is CC(=O)O[C@@H]1C[C@H]2C(C)(C)C(=O)C=C[C@]2(C)[C@H]2CC[C@]3(C)C(=CC[C@H]3[C@@H]3C[C@@H]([C@@H]4OC4(C)C)O[C@H]3O)[C@@]21C. The Labute approximate surface area is 227 Å². The molecule has 2 aliphatic heterocycles. The van der Waals surface area contributed by atoms with E-state index in [1.165, 1.54) is 12.5 Å². The summed E-state index contributed by atoms with van der Waals surface area (Å²) in [6.07, 6.45) is 9.71. The molecule has 0 bridgehead atoms. The number of aliphatic hydroxyl groups excluding tert-OH is 1. The smallest absolute Gasteiger partial charge is 0.302 e. The first-order valence-corrected chi connectivity index (χ1v) is 14.7. The van der Waals surface area contributed by atoms with Crippen LogP contribution in [-0.4, -0.2) is 47.1 Å². The molecule has 6 rings (SSSR count). The topological polar surface area (TPSA) is 85.4 Å². The minimum absolute atomic E-state index is 0.0455. The van der Waals surface area contributed by atoms with E-state index < -0.39 is 11.7 Å². The van der Waals surface area contributed by atoms with Crippen molar-refractivity contribution >= 4 is 11.8 Å². The standard InChI is InChI=1S/C32H46O6/c1-17(33)36-25-16-23-28(2,3)24(34)12-14-31(23,7)22-11-13-30(6)19(9-10-21(30)32(22,25)8)18-15-20(37-27(18)35)26-29(4,5)38-26/h10,12,14,18-20,22-23,25-27,35H,9,11,13,15-16H2,1-8H3/t18-,19-,20-,22+,23-,25+,26-,27+,30-,31+,32-/m0/s1. The van der Waals surface area contributed by atoms with Crippen LogP contribution in [0, 0.1) is 45.3 Å². The van der Waals surface area contributed by atoms with Crippen molar-refractivity contribution in [1.82, 2.24) is 0 Å². The molecular weight excluding hydrogens is 480 g/mol. The third-order valence-corrected chi connectivity index (χ3v) is 12.4. The molecule has 2 saturated carbocycles. The number of fused-ring (bicyclic) bond motifs is 5. The number of rotatable bonds is 3. The first-order chi connectivity index (χ1) is 17.6. The zero-order valence-electron chi connectivity index (χ0n) is 24.4. The molecule has 38 heavy (non-hydrogen) atoms. The largest absolute Gasteiger partial charge is 0.462 e. The van der Waals surface area contributed by atoms with Crippen molar-refractivity contribution in [3.63, 3.8) is 0 Å². The van der Waals surface area contributed by atoms with E-state index in [1.54, 1.807) is 0 Å². The number of esters is 1. The van der Waals surface area contributed by atoms with Crippen molar-refractivity contribution < 1.29 is 28.9 Å². The highest BCUT2D eigenvalue weighted by Gasteiger charge is 2.69. The summed E-state index contributed by atoms with van der Waals surface area (Å²) in [6, 6.07) is 0. The summed E-state index contributed by atoms with van der Waals surface area (Å²) >= 11 is 0. The van der Waals surface area contributed by atoms with E-state index in [0.717, 1.165) is 25.7 Å². The lowest BCUT2D eigenvalue weighted by molar-refractivity contribution is -0.189. The lowest BCUT2D eigenvalue weighted by Gasteiger charge is -2.66. The molecule has 0 aromatic heterocycles. The molecule has 6 nitrogen and oxygen atoms in total. The fraction of sp³-hybridized carbons (Fsp3) is 0.812. The van der Waals surface area contributed by atoms with Crippen molar-refractivity contribution in [3.05, 3.63) is 23.8 Å². The summed E-state index contributed by atoms with van der Waals surface area (Å²) in [5.74, 6) is 0.567. The van der Waals surface area contributed by atoms with Crippen LogP contribution in [0.1, 0.15) is 87.5 Å². The van der Waals surface area contributed by atoms with Crippen molar-refractivity contribution in [2.45, 2.75) is 118 Å². The van der Waals surface area contributed by atoms with Crippen molar-refractivity contribution in [3.8, 4) is 0 Å². The maximum absolute atomic E-state index is 13.0. The molecule has 4 aliphatic carbocycles. The van der Waals surface area contributed by atoms with Crippen LogP contribution in [-0.2, 0) is 23.8 Å². The van der Waals surface area contributed by atoms with Crippen LogP contribution in [0.15, 0.2) is 23.8 Å². The number of carbonyl (C=O) groups is 2. The van der Waals surface area contributed by atoms with Crippen LogP contribution < -0.4 is 0 Å². The maximum atomic E-state index is 13.0. The predicted octanol–water partition coefficient (Wildman–Crippen LogP) is 5.38. The van der Waals surface area contributed by atoms with Gasteiger partial charge in [0.1, 0.15) is 12.2 Å². The molecule has 0 amide bonds. The molecule has 11 atom stereocenters. The third-order valence-electron chi connectivity index (χ3n) is 12.4. The molecule has 2 saturated heterocycles. The number of allylic oxidation sites excluding steroid dienone is 3. The normalized spacial score (nSPS) is 52.0. The predicted molar refractivity (Wildman–Crippen MR) is 143 cm³/mol. The molecule has 0 unspecified atom stereocenters. The fourth-order valence-electron chi connectivity index (χ4n) is 10.4. The molecule has 0 radical (unpaired) electrons. The number of hydrogen-bond donors (Lipinski definition) is 1. The molecule has 1 N–H and O–H groups in total. The Kier molecular flexibility index (Phi) is 5.65. The second-order valence-corrected chi connectivity index (χ2v) is 15.0. The van der Waals surface area contributed by atoms with Gasteiger partial charge in [0.15, 0.2) is 12.1 Å². The molecule has 210 valence electrons. The van der Waals surface area contributed by atoms with Gasteiger partial charge >= 0.3 is 5.97 Å². The molecule has 0 aromatic carbocycles. The van der Waals surface area contributed by atoms with E-state index in [4.69, 9.17) is 14.2 Å². The number of ketones is 1. The summed E-state index contributed by atoms with van der Waals surface area (Å²) in [7, 11) is 0. The maximum Gasteiger partial charge on any atom is 0.302 e. The summed E-state index contributed by atoms with van der Waals surface area (Å²) in [4.78, 5) is 25.5. The van der Waals surface area contributed by atoms with Crippen LogP contribution in [0.4, 0.5) is 0 Å². The van der Waals surface area contributed by atoms with Crippen LogP contribution in [0.5, 0.6) is 0 Å². The van der Waals surface area contributed by atoms with E-state index >= 15 is 0 Å². The Balaban J connectivity index is 1.36. The average molecular weight is 527 g/mol. The minimum Gasteiger partial charge on any atom is -0.462 e. The van der Waals surface area contributed by atoms with Gasteiger partial charge in [-0.1, -0.05) is 52.3 Å². The van der Waals surface area contributed by atoms with Gasteiger partial charge in [0.05, 0.1) is 11.7 Å². The zero-order valence-corrected chi connectivity index (χ0v) is 24.4. The fourth-order valence-corrected chi connectivity index (χ4v) is 10.4. The highest BCUT2D eigenvalue weighted by Crippen LogP contribution is 2.73. The highest BCUT2D eigenvalue weighted by molar-refractivity contribution is 5.95. The van der Waals surface area contributed by atoms with Gasteiger partial charge in [-0.3, -0.25) is 9.59 Å². The molecular formula is C32H46O6. The zero-order chi connectivity index (χ0) is 27.6. The first kappa shape index (κ1) is 26.7. The van der Waals surface area contributed by atoms with Gasteiger partial charge in [0, 0.05) is 23.7 Å². The van der Waals surface area contributed by atoms with Gasteiger partial charge < -0.3 is 19.3 Å². The van der Waals surface area contributed by atoms with Crippen molar-refractivity contribution in [2.24, 2.45) is 45.3 Å². The number of epoxide rings is 1. The highest BCUT2D eigenvalue weighted by atomic mass is 16.7. The van der Waals surface area contributed by atoms with Gasteiger partial charge in [-0.25, -0.2) is 0 Å². The summed E-state index contributed by atoms with van der Waals surface area (Å²) in [5, 5.41) is 11.1. The summed E-state index contributed by atoms with van der Waals surface area (Å²) in [6.45, 7) is 16.8. The van der Waals surface area contributed by atoms with E-state index in [1.807, 2.05) is 6.08 Å². The Morgan fingerprint density at radius 1 is 1.08 bits per heavy atom. The Morgan fingerprint density at radius 3 is 2.39 bits per heavy atom. The molecule has 6 heteroatoms. The lowest BCUT2D eigenvalue weighted by atomic mass is 9.38. The molecule has 2 heterocycles. The molecule has 0 aromatic rings. The van der Waals surface area contributed by atoms with Crippen LogP contribution in [0.3, 0.4) is 0 Å². The number of ether oxygens (including phenoxy) is 3. The summed E-state index contributed by atoms with van der Waals surface area (Å²) in [5.41, 5.74) is 0.0840. The van der Waals surface area contributed by atoms with E-state index in [0.29, 0.717) is 6.42 Å². The van der Waals surface area contributed by atoms with Crippen molar-refractivity contribution in [2.75, 3.05) is 0 Å². The van der Waals surface area contributed by atoms with Gasteiger partial charge in [0.25, 0.3) is 0 Å². The van der Waals surface area contributed by atoms with Gasteiger partial charge in [-0.05, 0) is 80.6 Å². The molecule has 0 spiro atoms. The lowest BCUT2D eigenvalue weighted by Crippen LogP contribution is -2.64. The van der Waals surface area contributed by atoms with E-state index in [2.05, 4.69) is 60.6 Å². The Bertz CT molecular complexity index is 1120. The number of carbonyl (C=O) groups excluding carboxylic acids is 2. The second-order valence-electron chi connectivity index (χ2n) is 15.0. The molecule has 4 fully saturated rings. The Morgan fingerprint density at radius 2 is 1.76 bits per heavy atom. The third kappa shape index (κ3) is 3.41. The number of hydrogen-bond acceptors (Lipinski definition) is 6. The second kappa shape index (κ2) is 8.04. The first-order valence-electron chi connectivity index (χ1n) is 14.7. The van der Waals surface area contributed by atoms with E-state index in [-0.39, 0.29) is 75.6 Å². The summed E-state index contributed by atoms with van der Waals surface area (Å²) < 4.78 is 18.2. The Hall–Kier alpha value is -1.50. The van der Waals surface area contributed by atoms with Gasteiger partial charge in [0.2, 0.25) is 0 Å².